The first kappa shape index (κ1) is 16.4. The molecule has 0 bridgehead atoms. The van der Waals surface area contributed by atoms with Gasteiger partial charge in [0.1, 0.15) is 10.7 Å². The Bertz CT molecular complexity index is 730. The summed E-state index contributed by atoms with van der Waals surface area (Å²) in [6.07, 6.45) is 2.87. The summed E-state index contributed by atoms with van der Waals surface area (Å²) in [5, 5.41) is 12.6. The van der Waals surface area contributed by atoms with Gasteiger partial charge >= 0.3 is 5.88 Å². The Balaban J connectivity index is 1.49. The van der Waals surface area contributed by atoms with Crippen LogP contribution in [-0.2, 0) is 11.3 Å². The van der Waals surface area contributed by atoms with Crippen LogP contribution in [0.3, 0.4) is 0 Å². The number of thiophene rings is 1. The van der Waals surface area contributed by atoms with E-state index >= 15 is 0 Å². The molecule has 0 atom stereocenters. The number of piperazine rings is 1. The lowest BCUT2D eigenvalue weighted by Gasteiger charge is -2.33. The fourth-order valence-corrected chi connectivity index (χ4v) is 3.28. The predicted molar refractivity (Wildman–Crippen MR) is 90.6 cm³/mol. The maximum Gasteiger partial charge on any atom is 0.433 e. The van der Waals surface area contributed by atoms with Crippen LogP contribution in [0.2, 0.25) is 0 Å². The van der Waals surface area contributed by atoms with E-state index in [0.29, 0.717) is 18.8 Å². The molecular formula is C16H17N3O4S. The number of furan rings is 1. The van der Waals surface area contributed by atoms with Crippen molar-refractivity contribution in [1.29, 1.82) is 0 Å². The summed E-state index contributed by atoms with van der Waals surface area (Å²) in [4.78, 5) is 27.6. The van der Waals surface area contributed by atoms with E-state index in [9.17, 15) is 14.9 Å². The van der Waals surface area contributed by atoms with E-state index in [0.717, 1.165) is 19.6 Å². The maximum absolute atomic E-state index is 12.2. The molecule has 0 spiro atoms. The molecule has 0 aromatic carbocycles. The van der Waals surface area contributed by atoms with E-state index in [1.54, 1.807) is 16.2 Å². The lowest BCUT2D eigenvalue weighted by Crippen LogP contribution is -2.47. The van der Waals surface area contributed by atoms with Crippen molar-refractivity contribution in [3.63, 3.8) is 0 Å². The van der Waals surface area contributed by atoms with Crippen LogP contribution in [0.4, 0.5) is 5.88 Å². The zero-order valence-corrected chi connectivity index (χ0v) is 13.8. The Morgan fingerprint density at radius 1 is 1.29 bits per heavy atom. The van der Waals surface area contributed by atoms with Gasteiger partial charge in [0, 0.05) is 43.7 Å². The molecule has 0 radical (unpaired) electrons. The van der Waals surface area contributed by atoms with Gasteiger partial charge in [-0.3, -0.25) is 19.8 Å². The van der Waals surface area contributed by atoms with Crippen molar-refractivity contribution in [3.8, 4) is 0 Å². The first-order valence-electron chi connectivity index (χ1n) is 7.58. The Morgan fingerprint density at radius 2 is 2.08 bits per heavy atom. The predicted octanol–water partition coefficient (Wildman–Crippen LogP) is 2.61. The minimum Gasteiger partial charge on any atom is -0.401 e. The fourth-order valence-electron chi connectivity index (χ4n) is 2.54. The van der Waals surface area contributed by atoms with Gasteiger partial charge < -0.3 is 9.32 Å². The second-order valence-electron chi connectivity index (χ2n) is 5.45. The van der Waals surface area contributed by atoms with Crippen molar-refractivity contribution in [2.75, 3.05) is 26.2 Å². The molecule has 0 unspecified atom stereocenters. The van der Waals surface area contributed by atoms with Gasteiger partial charge in [-0.15, -0.1) is 11.3 Å². The molecule has 24 heavy (non-hydrogen) atoms. The average molecular weight is 347 g/mol. The van der Waals surface area contributed by atoms with Crippen LogP contribution in [0.25, 0.3) is 6.08 Å². The summed E-state index contributed by atoms with van der Waals surface area (Å²) in [6, 6.07) is 6.91. The molecular weight excluding hydrogens is 330 g/mol. The van der Waals surface area contributed by atoms with E-state index in [2.05, 4.69) is 16.3 Å². The molecule has 126 valence electrons. The summed E-state index contributed by atoms with van der Waals surface area (Å²) in [7, 11) is 0. The summed E-state index contributed by atoms with van der Waals surface area (Å²) in [5.41, 5.74) is 0. The van der Waals surface area contributed by atoms with Crippen LogP contribution in [0.1, 0.15) is 10.6 Å². The molecule has 3 rings (SSSR count). The van der Waals surface area contributed by atoms with Crippen molar-refractivity contribution in [2.24, 2.45) is 0 Å². The van der Waals surface area contributed by atoms with Gasteiger partial charge in [-0.05, 0) is 23.6 Å². The average Bonchev–Trinajstić information content (AvgIpc) is 3.25. The molecule has 7 nitrogen and oxygen atoms in total. The summed E-state index contributed by atoms with van der Waals surface area (Å²) < 4.78 is 4.99. The standard InChI is InChI=1S/C16H17N3O4S/c20-15(5-3-13-4-6-16(23-13)19(21)22)18-9-7-17(8-10-18)12-14-2-1-11-24-14/h1-6,11H,7-10,12H2/b5-3+. The second kappa shape index (κ2) is 7.41. The van der Waals surface area contributed by atoms with E-state index < -0.39 is 4.92 Å². The number of carbonyl (C=O) groups is 1. The van der Waals surface area contributed by atoms with Crippen LogP contribution < -0.4 is 0 Å². The van der Waals surface area contributed by atoms with Gasteiger partial charge in [0.25, 0.3) is 0 Å². The highest BCUT2D eigenvalue weighted by atomic mass is 32.1. The van der Waals surface area contributed by atoms with Gasteiger partial charge in [0.2, 0.25) is 5.91 Å². The minimum atomic E-state index is -0.605. The Hall–Kier alpha value is -2.45. The summed E-state index contributed by atoms with van der Waals surface area (Å²) in [5.74, 6) is -0.138. The third-order valence-electron chi connectivity index (χ3n) is 3.83. The van der Waals surface area contributed by atoms with E-state index in [4.69, 9.17) is 4.42 Å². The molecule has 1 saturated heterocycles. The third-order valence-corrected chi connectivity index (χ3v) is 4.69. The van der Waals surface area contributed by atoms with Crippen LogP contribution in [0, 0.1) is 10.1 Å². The lowest BCUT2D eigenvalue weighted by atomic mass is 10.3. The zero-order chi connectivity index (χ0) is 16.9. The van der Waals surface area contributed by atoms with Crippen molar-refractivity contribution >= 4 is 29.2 Å². The number of rotatable bonds is 5. The highest BCUT2D eigenvalue weighted by Crippen LogP contribution is 2.17. The van der Waals surface area contributed by atoms with Crippen molar-refractivity contribution < 1.29 is 14.1 Å². The first-order valence-corrected chi connectivity index (χ1v) is 8.46. The van der Waals surface area contributed by atoms with Crippen LogP contribution in [0.15, 0.2) is 40.1 Å². The van der Waals surface area contributed by atoms with Crippen LogP contribution >= 0.6 is 11.3 Å². The molecule has 3 heterocycles. The normalized spacial score (nSPS) is 15.9. The SMILES string of the molecule is O=C(/C=C/c1ccc([N+](=O)[O-])o1)N1CCN(Cc2cccs2)CC1. The fraction of sp³-hybridized carbons (Fsp3) is 0.312. The van der Waals surface area contributed by atoms with Crippen LogP contribution in [0.5, 0.6) is 0 Å². The number of amides is 1. The van der Waals surface area contributed by atoms with Crippen molar-refractivity contribution in [3.05, 3.63) is 56.5 Å². The maximum atomic E-state index is 12.2. The van der Waals surface area contributed by atoms with Gasteiger partial charge in [0.15, 0.2) is 0 Å². The highest BCUT2D eigenvalue weighted by Gasteiger charge is 2.20. The topological polar surface area (TPSA) is 79.8 Å². The number of hydrogen-bond donors (Lipinski definition) is 0. The van der Waals surface area contributed by atoms with Gasteiger partial charge in [-0.25, -0.2) is 0 Å². The van der Waals surface area contributed by atoms with Crippen molar-refractivity contribution in [2.45, 2.75) is 6.54 Å². The Labute approximate surface area is 142 Å². The van der Waals surface area contributed by atoms with E-state index in [1.807, 2.05) is 6.07 Å². The molecule has 8 heteroatoms. The third kappa shape index (κ3) is 4.09. The van der Waals surface area contributed by atoms with Gasteiger partial charge in [0.05, 0.1) is 6.07 Å². The van der Waals surface area contributed by atoms with Gasteiger partial charge in [-0.2, -0.15) is 0 Å². The number of carbonyl (C=O) groups excluding carboxylic acids is 1. The second-order valence-corrected chi connectivity index (χ2v) is 6.48. The van der Waals surface area contributed by atoms with E-state index in [1.165, 1.54) is 29.2 Å². The molecule has 2 aromatic heterocycles. The molecule has 2 aromatic rings. The lowest BCUT2D eigenvalue weighted by molar-refractivity contribution is -0.402. The quantitative estimate of drug-likeness (QED) is 0.472. The number of hydrogen-bond acceptors (Lipinski definition) is 6. The smallest absolute Gasteiger partial charge is 0.401 e. The minimum absolute atomic E-state index is 0.107. The highest BCUT2D eigenvalue weighted by molar-refractivity contribution is 7.09. The first-order chi connectivity index (χ1) is 11.6. The molecule has 0 saturated carbocycles. The molecule has 1 fully saturated rings. The van der Waals surface area contributed by atoms with E-state index in [-0.39, 0.29) is 11.8 Å². The zero-order valence-electron chi connectivity index (χ0n) is 13.0. The van der Waals surface area contributed by atoms with Crippen molar-refractivity contribution in [1.82, 2.24) is 9.80 Å². The van der Waals surface area contributed by atoms with Crippen LogP contribution in [-0.4, -0.2) is 46.8 Å². The number of nitrogens with zero attached hydrogens (tertiary/aromatic N) is 3. The molecule has 1 aliphatic heterocycles. The molecule has 1 amide bonds. The molecule has 0 aliphatic carbocycles. The Kier molecular flexibility index (Phi) is 5.07. The number of nitro groups is 1. The molecule has 0 N–H and O–H groups in total. The Morgan fingerprint density at radius 3 is 2.71 bits per heavy atom. The molecule has 1 aliphatic rings. The summed E-state index contributed by atoms with van der Waals surface area (Å²) in [6.45, 7) is 3.94. The van der Waals surface area contributed by atoms with Gasteiger partial charge in [-0.1, -0.05) is 6.07 Å². The summed E-state index contributed by atoms with van der Waals surface area (Å²) >= 11 is 1.74. The largest absolute Gasteiger partial charge is 0.433 e. The monoisotopic (exact) mass is 347 g/mol.